The van der Waals surface area contributed by atoms with Crippen molar-refractivity contribution < 1.29 is 23.4 Å². The highest BCUT2D eigenvalue weighted by molar-refractivity contribution is 5.75. The van der Waals surface area contributed by atoms with Crippen LogP contribution in [0.3, 0.4) is 0 Å². The van der Waals surface area contributed by atoms with Crippen LogP contribution in [0.15, 0.2) is 24.3 Å². The van der Waals surface area contributed by atoms with Gasteiger partial charge in [0.2, 0.25) is 0 Å². The molecule has 3 unspecified atom stereocenters. The minimum absolute atomic E-state index is 0.0531. The van der Waals surface area contributed by atoms with Crippen LogP contribution in [-0.4, -0.2) is 29.9 Å². The minimum Gasteiger partial charge on any atom is -0.434 e. The number of amides is 2. The highest BCUT2D eigenvalue weighted by atomic mass is 19.3. The summed E-state index contributed by atoms with van der Waals surface area (Å²) < 4.78 is 29.6. The molecule has 0 saturated heterocycles. The molecule has 2 amide bonds. The van der Waals surface area contributed by atoms with Crippen LogP contribution in [0.4, 0.5) is 13.6 Å². The number of halogens is 2. The van der Waals surface area contributed by atoms with E-state index in [0.717, 1.165) is 19.3 Å². The summed E-state index contributed by atoms with van der Waals surface area (Å²) in [5, 5.41) is 15.5. The van der Waals surface area contributed by atoms with Crippen molar-refractivity contribution in [3.8, 4) is 5.75 Å². The molecule has 3 atom stereocenters. The third kappa shape index (κ3) is 5.06. The van der Waals surface area contributed by atoms with E-state index in [1.54, 1.807) is 18.2 Å². The molecule has 3 N–H and O–H groups in total. The molecule has 1 aromatic carbocycles. The number of hydrogen-bond acceptors (Lipinski definition) is 3. The first-order chi connectivity index (χ1) is 11.5. The maximum absolute atomic E-state index is 12.5. The number of ether oxygens (including phenoxy) is 1. The number of carbonyl (C=O) groups excluding carboxylic acids is 1. The van der Waals surface area contributed by atoms with E-state index in [-0.39, 0.29) is 11.8 Å². The highest BCUT2D eigenvalue weighted by Crippen LogP contribution is 2.28. The molecule has 2 rings (SSSR count). The Bertz CT molecular complexity index is 542. The summed E-state index contributed by atoms with van der Waals surface area (Å²) in [5.74, 6) is 0.0531. The number of alkyl halides is 2. The van der Waals surface area contributed by atoms with Crippen molar-refractivity contribution in [3.05, 3.63) is 29.8 Å². The number of aliphatic hydroxyl groups is 1. The predicted molar refractivity (Wildman–Crippen MR) is 86.0 cm³/mol. The van der Waals surface area contributed by atoms with Crippen LogP contribution in [0.2, 0.25) is 0 Å². The van der Waals surface area contributed by atoms with Crippen LogP contribution in [-0.2, 0) is 0 Å². The SMILES string of the molecule is CCC(NC(=O)NC1CCCCC1O)c1ccccc1OC(F)F. The Kier molecular flexibility index (Phi) is 6.78. The number of hydrogen-bond donors (Lipinski definition) is 3. The number of urea groups is 1. The van der Waals surface area contributed by atoms with E-state index in [0.29, 0.717) is 18.4 Å². The normalized spacial score (nSPS) is 22.0. The number of benzene rings is 1. The third-order valence-corrected chi connectivity index (χ3v) is 4.27. The maximum atomic E-state index is 12.5. The number of nitrogens with one attached hydrogen (secondary N) is 2. The van der Waals surface area contributed by atoms with Crippen molar-refractivity contribution in [2.75, 3.05) is 0 Å². The highest BCUT2D eigenvalue weighted by Gasteiger charge is 2.26. The first kappa shape index (κ1) is 18.4. The zero-order valence-corrected chi connectivity index (χ0v) is 13.7. The van der Waals surface area contributed by atoms with E-state index >= 15 is 0 Å². The quantitative estimate of drug-likeness (QED) is 0.742. The third-order valence-electron chi connectivity index (χ3n) is 4.27. The zero-order valence-electron chi connectivity index (χ0n) is 13.7. The van der Waals surface area contributed by atoms with Gasteiger partial charge in [0.05, 0.1) is 18.2 Å². The number of carbonyl (C=O) groups is 1. The summed E-state index contributed by atoms with van der Waals surface area (Å²) in [6.45, 7) is -1.07. The smallest absolute Gasteiger partial charge is 0.387 e. The largest absolute Gasteiger partial charge is 0.434 e. The second kappa shape index (κ2) is 8.82. The molecular weight excluding hydrogens is 318 g/mol. The Morgan fingerprint density at radius 3 is 2.71 bits per heavy atom. The summed E-state index contributed by atoms with van der Waals surface area (Å²) >= 11 is 0. The summed E-state index contributed by atoms with van der Waals surface area (Å²) in [5.41, 5.74) is 0.500. The van der Waals surface area contributed by atoms with Gasteiger partial charge in [-0.2, -0.15) is 8.78 Å². The molecule has 1 saturated carbocycles. The second-order valence-corrected chi connectivity index (χ2v) is 5.95. The fourth-order valence-corrected chi connectivity index (χ4v) is 3.02. The molecule has 0 aliphatic heterocycles. The zero-order chi connectivity index (χ0) is 17.5. The molecule has 0 spiro atoms. The second-order valence-electron chi connectivity index (χ2n) is 5.95. The van der Waals surface area contributed by atoms with Gasteiger partial charge in [-0.1, -0.05) is 38.0 Å². The van der Waals surface area contributed by atoms with Gasteiger partial charge in [0.25, 0.3) is 0 Å². The van der Waals surface area contributed by atoms with Crippen LogP contribution in [0.5, 0.6) is 5.75 Å². The first-order valence-electron chi connectivity index (χ1n) is 8.30. The Morgan fingerprint density at radius 2 is 2.04 bits per heavy atom. The number of aliphatic hydroxyl groups excluding tert-OH is 1. The maximum Gasteiger partial charge on any atom is 0.387 e. The number of rotatable bonds is 6. The van der Waals surface area contributed by atoms with Crippen molar-refractivity contribution in [2.24, 2.45) is 0 Å². The molecule has 1 fully saturated rings. The molecule has 0 heterocycles. The van der Waals surface area contributed by atoms with Crippen LogP contribution in [0.1, 0.15) is 50.6 Å². The topological polar surface area (TPSA) is 70.6 Å². The average Bonchev–Trinajstić information content (AvgIpc) is 2.55. The molecule has 134 valence electrons. The predicted octanol–water partition coefficient (Wildman–Crippen LogP) is 3.34. The van der Waals surface area contributed by atoms with Crippen molar-refractivity contribution in [1.82, 2.24) is 10.6 Å². The Labute approximate surface area is 140 Å². The van der Waals surface area contributed by atoms with Crippen molar-refractivity contribution in [2.45, 2.75) is 63.8 Å². The van der Waals surface area contributed by atoms with Crippen molar-refractivity contribution >= 4 is 6.03 Å². The number of para-hydroxylation sites is 1. The van der Waals surface area contributed by atoms with Gasteiger partial charge < -0.3 is 20.5 Å². The summed E-state index contributed by atoms with van der Waals surface area (Å²) in [4.78, 5) is 12.2. The molecule has 1 aliphatic rings. The van der Waals surface area contributed by atoms with Crippen LogP contribution in [0.25, 0.3) is 0 Å². The lowest BCUT2D eigenvalue weighted by atomic mass is 9.93. The molecule has 5 nitrogen and oxygen atoms in total. The van der Waals surface area contributed by atoms with Gasteiger partial charge in [0.15, 0.2) is 0 Å². The van der Waals surface area contributed by atoms with Crippen LogP contribution < -0.4 is 15.4 Å². The average molecular weight is 342 g/mol. The van der Waals surface area contributed by atoms with Crippen molar-refractivity contribution in [3.63, 3.8) is 0 Å². The van der Waals surface area contributed by atoms with Gasteiger partial charge in [-0.25, -0.2) is 4.79 Å². The molecular formula is C17H24F2N2O3. The Hall–Kier alpha value is -1.89. The molecule has 1 aliphatic carbocycles. The van der Waals surface area contributed by atoms with E-state index in [4.69, 9.17) is 0 Å². The monoisotopic (exact) mass is 342 g/mol. The van der Waals surface area contributed by atoms with E-state index in [9.17, 15) is 18.7 Å². The van der Waals surface area contributed by atoms with Crippen LogP contribution in [0, 0.1) is 0 Å². The van der Waals surface area contributed by atoms with Gasteiger partial charge in [-0.3, -0.25) is 0 Å². The van der Waals surface area contributed by atoms with Gasteiger partial charge >= 0.3 is 12.6 Å². The summed E-state index contributed by atoms with van der Waals surface area (Å²) in [6, 6.07) is 5.27. The standard InChI is InChI=1S/C17H24F2N2O3/c1-2-12(11-7-3-6-10-15(11)24-16(18)19)20-17(23)21-13-8-4-5-9-14(13)22/h3,6-7,10,12-14,16,22H,2,4-5,8-9H2,1H3,(H2,20,21,23). The lowest BCUT2D eigenvalue weighted by Gasteiger charge is -2.29. The van der Waals surface area contributed by atoms with E-state index in [1.807, 2.05) is 6.92 Å². The van der Waals surface area contributed by atoms with Crippen LogP contribution >= 0.6 is 0 Å². The summed E-state index contributed by atoms with van der Waals surface area (Å²) in [6.07, 6.45) is 3.30. The summed E-state index contributed by atoms with van der Waals surface area (Å²) in [7, 11) is 0. The molecule has 24 heavy (non-hydrogen) atoms. The van der Waals surface area contributed by atoms with E-state index in [1.165, 1.54) is 6.07 Å². The van der Waals surface area contributed by atoms with Gasteiger partial charge in [0.1, 0.15) is 5.75 Å². The van der Waals surface area contributed by atoms with E-state index < -0.39 is 24.8 Å². The molecule has 1 aromatic rings. The fourth-order valence-electron chi connectivity index (χ4n) is 3.02. The van der Waals surface area contributed by atoms with E-state index in [2.05, 4.69) is 15.4 Å². The lowest BCUT2D eigenvalue weighted by molar-refractivity contribution is -0.0506. The Morgan fingerprint density at radius 1 is 1.33 bits per heavy atom. The lowest BCUT2D eigenvalue weighted by Crippen LogP contribution is -2.49. The Balaban J connectivity index is 2.02. The molecule has 0 radical (unpaired) electrons. The van der Waals surface area contributed by atoms with Crippen molar-refractivity contribution in [1.29, 1.82) is 0 Å². The molecule has 0 bridgehead atoms. The first-order valence-corrected chi connectivity index (χ1v) is 8.30. The molecule has 7 heteroatoms. The fraction of sp³-hybridized carbons (Fsp3) is 0.588. The van der Waals surface area contributed by atoms with Gasteiger partial charge in [-0.15, -0.1) is 0 Å². The molecule has 0 aromatic heterocycles. The van der Waals surface area contributed by atoms with Gasteiger partial charge in [-0.05, 0) is 25.3 Å². The minimum atomic E-state index is -2.92. The van der Waals surface area contributed by atoms with Gasteiger partial charge in [0, 0.05) is 5.56 Å².